The Kier molecular flexibility index (Phi) is 5.56. The summed E-state index contributed by atoms with van der Waals surface area (Å²) >= 11 is 0. The van der Waals surface area contributed by atoms with Gasteiger partial charge in [-0.1, -0.05) is 12.1 Å². The maximum Gasteiger partial charge on any atom is 0.416 e. The molecular weight excluding hydrogens is 269 g/mol. The number of halogens is 3. The van der Waals surface area contributed by atoms with Crippen molar-refractivity contribution in [3.63, 3.8) is 0 Å². The fraction of sp³-hybridized carbons (Fsp3) is 0.500. The zero-order valence-electron chi connectivity index (χ0n) is 11.8. The van der Waals surface area contributed by atoms with Gasteiger partial charge in [-0.05, 0) is 31.5 Å². The van der Waals surface area contributed by atoms with Crippen LogP contribution in [-0.2, 0) is 17.5 Å². The maximum absolute atomic E-state index is 12.4. The molecule has 0 aliphatic heterocycles. The van der Waals surface area contributed by atoms with Crippen LogP contribution in [0.5, 0.6) is 0 Å². The van der Waals surface area contributed by atoms with Crippen molar-refractivity contribution in [2.45, 2.75) is 32.6 Å². The second-order valence-electron chi connectivity index (χ2n) is 4.90. The number of carbonyl (C=O) groups is 1. The van der Waals surface area contributed by atoms with Gasteiger partial charge >= 0.3 is 6.18 Å². The Balaban J connectivity index is 2.45. The van der Waals surface area contributed by atoms with Crippen LogP contribution in [0.2, 0.25) is 0 Å². The molecule has 1 N–H and O–H groups in total. The van der Waals surface area contributed by atoms with Gasteiger partial charge in [-0.3, -0.25) is 4.79 Å². The number of likely N-dealkylation sites (N-methyl/N-ethyl adjacent to an activating group) is 1. The monoisotopic (exact) mass is 288 g/mol. The Morgan fingerprint density at radius 1 is 1.25 bits per heavy atom. The molecule has 1 aromatic rings. The first-order valence-corrected chi connectivity index (χ1v) is 6.34. The number of hydrogen-bond donors (Lipinski definition) is 1. The van der Waals surface area contributed by atoms with E-state index < -0.39 is 11.7 Å². The SMILES string of the molecule is CC(C)N(C)C(=O)CNCc1ccc(C(F)(F)F)cc1. The van der Waals surface area contributed by atoms with E-state index in [1.807, 2.05) is 13.8 Å². The molecule has 6 heteroatoms. The summed E-state index contributed by atoms with van der Waals surface area (Å²) in [5.41, 5.74) is 0.0369. The van der Waals surface area contributed by atoms with Crippen LogP contribution >= 0.6 is 0 Å². The average Bonchev–Trinajstić information content (AvgIpc) is 2.37. The van der Waals surface area contributed by atoms with E-state index >= 15 is 0 Å². The summed E-state index contributed by atoms with van der Waals surface area (Å²) in [5, 5.41) is 2.92. The fourth-order valence-corrected chi connectivity index (χ4v) is 1.54. The van der Waals surface area contributed by atoms with E-state index in [1.165, 1.54) is 12.1 Å². The number of nitrogens with one attached hydrogen (secondary N) is 1. The van der Waals surface area contributed by atoms with Gasteiger partial charge in [0.2, 0.25) is 5.91 Å². The number of alkyl halides is 3. The molecule has 3 nitrogen and oxygen atoms in total. The molecule has 0 spiro atoms. The third-order valence-corrected chi connectivity index (χ3v) is 3.05. The van der Waals surface area contributed by atoms with Crippen LogP contribution in [0.25, 0.3) is 0 Å². The number of benzene rings is 1. The summed E-state index contributed by atoms with van der Waals surface area (Å²) in [5.74, 6) is -0.0492. The van der Waals surface area contributed by atoms with Crippen molar-refractivity contribution in [2.24, 2.45) is 0 Å². The minimum Gasteiger partial charge on any atom is -0.342 e. The predicted molar refractivity (Wildman–Crippen MR) is 71.1 cm³/mol. The van der Waals surface area contributed by atoms with E-state index in [-0.39, 0.29) is 18.5 Å². The molecule has 0 radical (unpaired) electrons. The molecular formula is C14H19F3N2O. The first-order valence-electron chi connectivity index (χ1n) is 6.34. The zero-order chi connectivity index (χ0) is 15.3. The quantitative estimate of drug-likeness (QED) is 0.903. The summed E-state index contributed by atoms with van der Waals surface area (Å²) in [6, 6.07) is 5.02. The molecule has 0 heterocycles. The lowest BCUT2D eigenvalue weighted by atomic mass is 10.1. The number of nitrogens with zero attached hydrogens (tertiary/aromatic N) is 1. The van der Waals surface area contributed by atoms with Crippen LogP contribution in [0.3, 0.4) is 0 Å². The minimum absolute atomic E-state index is 0.0492. The number of amides is 1. The third-order valence-electron chi connectivity index (χ3n) is 3.05. The van der Waals surface area contributed by atoms with Crippen molar-refractivity contribution in [1.29, 1.82) is 0 Å². The molecule has 1 rings (SSSR count). The predicted octanol–water partition coefficient (Wildman–Crippen LogP) is 2.66. The summed E-state index contributed by atoms with van der Waals surface area (Å²) in [7, 11) is 1.72. The molecule has 0 aliphatic rings. The van der Waals surface area contributed by atoms with Crippen LogP contribution in [0.4, 0.5) is 13.2 Å². The molecule has 0 aliphatic carbocycles. The van der Waals surface area contributed by atoms with Crippen LogP contribution in [0.15, 0.2) is 24.3 Å². The first kappa shape index (κ1) is 16.5. The van der Waals surface area contributed by atoms with Gasteiger partial charge in [0.25, 0.3) is 0 Å². The molecule has 0 saturated carbocycles. The molecule has 0 saturated heterocycles. The highest BCUT2D eigenvalue weighted by Gasteiger charge is 2.29. The van der Waals surface area contributed by atoms with Crippen molar-refractivity contribution >= 4 is 5.91 Å². The van der Waals surface area contributed by atoms with Crippen LogP contribution < -0.4 is 5.32 Å². The van der Waals surface area contributed by atoms with E-state index in [0.717, 1.165) is 12.1 Å². The van der Waals surface area contributed by atoms with Crippen molar-refractivity contribution in [1.82, 2.24) is 10.2 Å². The molecule has 0 bridgehead atoms. The maximum atomic E-state index is 12.4. The lowest BCUT2D eigenvalue weighted by molar-refractivity contribution is -0.137. The molecule has 0 unspecified atom stereocenters. The van der Waals surface area contributed by atoms with Crippen molar-refractivity contribution in [2.75, 3.05) is 13.6 Å². The van der Waals surface area contributed by atoms with Gasteiger partial charge in [-0.15, -0.1) is 0 Å². The standard InChI is InChI=1S/C14H19F3N2O/c1-10(2)19(3)13(20)9-18-8-11-4-6-12(7-5-11)14(15,16)17/h4-7,10,18H,8-9H2,1-3H3. The van der Waals surface area contributed by atoms with E-state index in [2.05, 4.69) is 5.32 Å². The molecule has 1 aromatic carbocycles. The largest absolute Gasteiger partial charge is 0.416 e. The van der Waals surface area contributed by atoms with Gasteiger partial charge in [0.05, 0.1) is 12.1 Å². The molecule has 20 heavy (non-hydrogen) atoms. The van der Waals surface area contributed by atoms with Crippen LogP contribution in [0, 0.1) is 0 Å². The highest BCUT2D eigenvalue weighted by Crippen LogP contribution is 2.28. The lowest BCUT2D eigenvalue weighted by Crippen LogP contribution is -2.39. The smallest absolute Gasteiger partial charge is 0.342 e. The van der Waals surface area contributed by atoms with Gasteiger partial charge in [0, 0.05) is 19.6 Å². The van der Waals surface area contributed by atoms with E-state index in [1.54, 1.807) is 11.9 Å². The molecule has 1 amide bonds. The summed E-state index contributed by atoms with van der Waals surface area (Å²) in [4.78, 5) is 13.3. The van der Waals surface area contributed by atoms with Crippen molar-refractivity contribution in [3.8, 4) is 0 Å². The summed E-state index contributed by atoms with van der Waals surface area (Å²) < 4.78 is 37.1. The molecule has 0 aromatic heterocycles. The Morgan fingerprint density at radius 2 is 1.80 bits per heavy atom. The molecule has 112 valence electrons. The first-order chi connectivity index (χ1) is 9.21. The second kappa shape index (κ2) is 6.74. The van der Waals surface area contributed by atoms with Crippen LogP contribution in [-0.4, -0.2) is 30.4 Å². The Hall–Kier alpha value is -1.56. The highest BCUT2D eigenvalue weighted by molar-refractivity contribution is 5.78. The van der Waals surface area contributed by atoms with Gasteiger partial charge in [0.15, 0.2) is 0 Å². The Bertz CT molecular complexity index is 441. The number of rotatable bonds is 5. The minimum atomic E-state index is -4.32. The van der Waals surface area contributed by atoms with E-state index in [0.29, 0.717) is 12.1 Å². The summed E-state index contributed by atoms with van der Waals surface area (Å²) in [6.07, 6.45) is -4.32. The van der Waals surface area contributed by atoms with E-state index in [4.69, 9.17) is 0 Å². The fourth-order valence-electron chi connectivity index (χ4n) is 1.54. The average molecular weight is 288 g/mol. The number of hydrogen-bond acceptors (Lipinski definition) is 2. The van der Waals surface area contributed by atoms with Crippen molar-refractivity contribution < 1.29 is 18.0 Å². The Labute approximate surface area is 116 Å². The van der Waals surface area contributed by atoms with E-state index in [9.17, 15) is 18.0 Å². The molecule has 0 fully saturated rings. The normalized spacial score (nSPS) is 11.8. The summed E-state index contributed by atoms with van der Waals surface area (Å²) in [6.45, 7) is 4.34. The van der Waals surface area contributed by atoms with Gasteiger partial charge < -0.3 is 10.2 Å². The number of carbonyl (C=O) groups excluding carboxylic acids is 1. The second-order valence-corrected chi connectivity index (χ2v) is 4.90. The zero-order valence-corrected chi connectivity index (χ0v) is 11.8. The van der Waals surface area contributed by atoms with Gasteiger partial charge in [0.1, 0.15) is 0 Å². The third kappa shape index (κ3) is 4.85. The molecule has 0 atom stereocenters. The van der Waals surface area contributed by atoms with Crippen molar-refractivity contribution in [3.05, 3.63) is 35.4 Å². The topological polar surface area (TPSA) is 32.3 Å². The highest BCUT2D eigenvalue weighted by atomic mass is 19.4. The Morgan fingerprint density at radius 3 is 2.25 bits per heavy atom. The van der Waals surface area contributed by atoms with Gasteiger partial charge in [-0.2, -0.15) is 13.2 Å². The van der Waals surface area contributed by atoms with Crippen LogP contribution in [0.1, 0.15) is 25.0 Å². The lowest BCUT2D eigenvalue weighted by Gasteiger charge is -2.21. The van der Waals surface area contributed by atoms with Gasteiger partial charge in [-0.25, -0.2) is 0 Å².